The van der Waals surface area contributed by atoms with Gasteiger partial charge in [-0.25, -0.2) is 0 Å². The molecule has 140 valence electrons. The van der Waals surface area contributed by atoms with Crippen LogP contribution in [-0.2, 0) is 11.3 Å². The number of aromatic nitrogens is 1. The molecule has 2 heterocycles. The molecule has 1 aliphatic rings. The van der Waals surface area contributed by atoms with Gasteiger partial charge in [0.15, 0.2) is 0 Å². The molecule has 0 bridgehead atoms. The number of hydrogen-bond acceptors (Lipinski definition) is 1. The predicted octanol–water partition coefficient (Wildman–Crippen LogP) is 5.11. The summed E-state index contributed by atoms with van der Waals surface area (Å²) in [5.74, 6) is 0.378. The highest BCUT2D eigenvalue weighted by molar-refractivity contribution is 5.86. The number of carbonyl (C=O) groups excluding carboxylic acids is 1. The van der Waals surface area contributed by atoms with Crippen molar-refractivity contribution < 1.29 is 4.79 Å². The molecule has 4 rings (SSSR count). The van der Waals surface area contributed by atoms with Gasteiger partial charge in [-0.15, -0.1) is 0 Å². The van der Waals surface area contributed by atoms with Gasteiger partial charge in [0.2, 0.25) is 5.91 Å². The number of fused-ring (bicyclic) bond motifs is 1. The minimum Gasteiger partial charge on any atom is -0.347 e. The summed E-state index contributed by atoms with van der Waals surface area (Å²) < 4.78 is 2.30. The standard InChI is InChI=1S/C24H28N2O/c1-3-25-17-22(20-11-4-5-12-23(20)25)21(19-10-8-9-18(2)15-19)16-24(27)26-13-6-7-14-26/h4-5,8-12,15,17,21H,3,6-7,13-14,16H2,1-2H3/t21-/m1/s1. The molecular weight excluding hydrogens is 332 g/mol. The van der Waals surface area contributed by atoms with Gasteiger partial charge in [-0.3, -0.25) is 4.79 Å². The first-order chi connectivity index (χ1) is 13.2. The summed E-state index contributed by atoms with van der Waals surface area (Å²) in [7, 11) is 0. The zero-order valence-corrected chi connectivity index (χ0v) is 16.3. The van der Waals surface area contributed by atoms with E-state index in [-0.39, 0.29) is 11.8 Å². The SMILES string of the molecule is CCn1cc([C@H](CC(=O)N2CCCC2)c2cccc(C)c2)c2ccccc21. The van der Waals surface area contributed by atoms with Crippen LogP contribution in [-0.4, -0.2) is 28.5 Å². The lowest BCUT2D eigenvalue weighted by Gasteiger charge is -2.22. The molecular formula is C24H28N2O. The summed E-state index contributed by atoms with van der Waals surface area (Å²) >= 11 is 0. The Morgan fingerprint density at radius 2 is 1.85 bits per heavy atom. The summed E-state index contributed by atoms with van der Waals surface area (Å²) in [5, 5.41) is 1.26. The number of hydrogen-bond donors (Lipinski definition) is 0. The van der Waals surface area contributed by atoms with Crippen LogP contribution in [0.1, 0.15) is 48.8 Å². The van der Waals surface area contributed by atoms with E-state index < -0.39 is 0 Å². The van der Waals surface area contributed by atoms with E-state index in [1.54, 1.807) is 0 Å². The summed E-state index contributed by atoms with van der Waals surface area (Å²) in [5.41, 5.74) is 5.00. The van der Waals surface area contributed by atoms with Crippen molar-refractivity contribution in [3.63, 3.8) is 0 Å². The molecule has 0 unspecified atom stereocenters. The van der Waals surface area contributed by atoms with E-state index in [1.807, 2.05) is 4.90 Å². The lowest BCUT2D eigenvalue weighted by Crippen LogP contribution is -2.29. The maximum Gasteiger partial charge on any atom is 0.223 e. The number of carbonyl (C=O) groups is 1. The smallest absolute Gasteiger partial charge is 0.223 e. The lowest BCUT2D eigenvalue weighted by atomic mass is 9.87. The van der Waals surface area contributed by atoms with Crippen LogP contribution in [0.15, 0.2) is 54.7 Å². The maximum absolute atomic E-state index is 13.0. The van der Waals surface area contributed by atoms with Gasteiger partial charge in [0, 0.05) is 49.1 Å². The summed E-state index contributed by atoms with van der Waals surface area (Å²) in [6.45, 7) is 7.05. The van der Waals surface area contributed by atoms with E-state index in [4.69, 9.17) is 0 Å². The van der Waals surface area contributed by atoms with E-state index in [1.165, 1.54) is 27.6 Å². The summed E-state index contributed by atoms with van der Waals surface area (Å²) in [6, 6.07) is 17.2. The fourth-order valence-corrected chi connectivity index (χ4v) is 4.38. The first-order valence-corrected chi connectivity index (χ1v) is 10.1. The first-order valence-electron chi connectivity index (χ1n) is 10.1. The molecule has 1 saturated heterocycles. The van der Waals surface area contributed by atoms with Crippen molar-refractivity contribution in [3.05, 3.63) is 71.4 Å². The molecule has 0 spiro atoms. The quantitative estimate of drug-likeness (QED) is 0.620. The van der Waals surface area contributed by atoms with Gasteiger partial charge in [0.25, 0.3) is 0 Å². The Hall–Kier alpha value is -2.55. The van der Waals surface area contributed by atoms with E-state index in [0.29, 0.717) is 6.42 Å². The monoisotopic (exact) mass is 360 g/mol. The van der Waals surface area contributed by atoms with Crippen molar-refractivity contribution in [2.45, 2.75) is 45.6 Å². The van der Waals surface area contributed by atoms with Crippen LogP contribution in [0.25, 0.3) is 10.9 Å². The molecule has 1 amide bonds. The van der Waals surface area contributed by atoms with E-state index >= 15 is 0 Å². The minimum absolute atomic E-state index is 0.0932. The molecule has 0 aliphatic carbocycles. The number of rotatable bonds is 5. The van der Waals surface area contributed by atoms with Gasteiger partial charge in [0.1, 0.15) is 0 Å². The van der Waals surface area contributed by atoms with Crippen molar-refractivity contribution in [3.8, 4) is 0 Å². The average Bonchev–Trinajstić information content (AvgIpc) is 3.34. The molecule has 3 nitrogen and oxygen atoms in total. The Labute approximate surface area is 161 Å². The van der Waals surface area contributed by atoms with E-state index in [9.17, 15) is 4.79 Å². The van der Waals surface area contributed by atoms with E-state index in [0.717, 1.165) is 32.5 Å². The maximum atomic E-state index is 13.0. The van der Waals surface area contributed by atoms with Crippen LogP contribution in [0.5, 0.6) is 0 Å². The Kier molecular flexibility index (Phi) is 5.02. The summed E-state index contributed by atoms with van der Waals surface area (Å²) in [6.07, 6.45) is 5.07. The fourth-order valence-electron chi connectivity index (χ4n) is 4.38. The molecule has 0 radical (unpaired) electrons. The molecule has 1 aliphatic heterocycles. The fraction of sp³-hybridized carbons (Fsp3) is 0.375. The largest absolute Gasteiger partial charge is 0.347 e. The highest BCUT2D eigenvalue weighted by atomic mass is 16.2. The predicted molar refractivity (Wildman–Crippen MR) is 111 cm³/mol. The Morgan fingerprint density at radius 1 is 1.07 bits per heavy atom. The zero-order chi connectivity index (χ0) is 18.8. The minimum atomic E-state index is 0.0932. The summed E-state index contributed by atoms with van der Waals surface area (Å²) in [4.78, 5) is 15.1. The third-order valence-corrected chi connectivity index (χ3v) is 5.82. The van der Waals surface area contributed by atoms with Gasteiger partial charge in [-0.2, -0.15) is 0 Å². The highest BCUT2D eigenvalue weighted by Crippen LogP contribution is 2.35. The first kappa shape index (κ1) is 17.8. The average molecular weight is 361 g/mol. The molecule has 27 heavy (non-hydrogen) atoms. The second kappa shape index (κ2) is 7.59. The highest BCUT2D eigenvalue weighted by Gasteiger charge is 2.26. The van der Waals surface area contributed by atoms with Crippen LogP contribution < -0.4 is 0 Å². The Morgan fingerprint density at radius 3 is 2.59 bits per heavy atom. The molecule has 1 fully saturated rings. The lowest BCUT2D eigenvalue weighted by molar-refractivity contribution is -0.130. The van der Waals surface area contributed by atoms with Crippen LogP contribution >= 0.6 is 0 Å². The zero-order valence-electron chi connectivity index (χ0n) is 16.3. The number of para-hydroxylation sites is 1. The molecule has 0 saturated carbocycles. The van der Waals surface area contributed by atoms with Crippen LogP contribution in [0.4, 0.5) is 0 Å². The molecule has 1 atom stereocenters. The number of nitrogens with zero attached hydrogens (tertiary/aromatic N) is 2. The normalized spacial score (nSPS) is 15.4. The number of aryl methyl sites for hydroxylation is 2. The second-order valence-electron chi connectivity index (χ2n) is 7.65. The molecule has 3 aromatic rings. The molecule has 0 N–H and O–H groups in total. The van der Waals surface area contributed by atoms with Crippen LogP contribution in [0.3, 0.4) is 0 Å². The van der Waals surface area contributed by atoms with Crippen molar-refractivity contribution in [1.82, 2.24) is 9.47 Å². The number of amides is 1. The third-order valence-electron chi connectivity index (χ3n) is 5.82. The van der Waals surface area contributed by atoms with Crippen LogP contribution in [0.2, 0.25) is 0 Å². The van der Waals surface area contributed by atoms with Gasteiger partial charge < -0.3 is 9.47 Å². The molecule has 1 aromatic heterocycles. The molecule has 3 heteroatoms. The number of benzene rings is 2. The Balaban J connectivity index is 1.79. The van der Waals surface area contributed by atoms with Crippen molar-refractivity contribution in [1.29, 1.82) is 0 Å². The van der Waals surface area contributed by atoms with E-state index in [2.05, 4.69) is 73.1 Å². The van der Waals surface area contributed by atoms with Crippen molar-refractivity contribution in [2.24, 2.45) is 0 Å². The number of likely N-dealkylation sites (tertiary alicyclic amines) is 1. The third kappa shape index (κ3) is 3.51. The topological polar surface area (TPSA) is 25.2 Å². The van der Waals surface area contributed by atoms with Gasteiger partial charge in [-0.05, 0) is 43.9 Å². The Bertz CT molecular complexity index is 950. The molecule has 2 aromatic carbocycles. The van der Waals surface area contributed by atoms with Gasteiger partial charge >= 0.3 is 0 Å². The van der Waals surface area contributed by atoms with Crippen molar-refractivity contribution >= 4 is 16.8 Å². The van der Waals surface area contributed by atoms with Gasteiger partial charge in [0.05, 0.1) is 0 Å². The second-order valence-corrected chi connectivity index (χ2v) is 7.65. The van der Waals surface area contributed by atoms with Crippen molar-refractivity contribution in [2.75, 3.05) is 13.1 Å². The van der Waals surface area contributed by atoms with Gasteiger partial charge in [-0.1, -0.05) is 48.0 Å². The van der Waals surface area contributed by atoms with Crippen LogP contribution in [0, 0.1) is 6.92 Å².